The number of carbonyl (C=O) groups is 2. The second-order valence-electron chi connectivity index (χ2n) is 10.4. The molecule has 1 aliphatic carbocycles. The minimum Gasteiger partial charge on any atom is -0.352 e. The third kappa shape index (κ3) is 7.90. The van der Waals surface area contributed by atoms with E-state index >= 15 is 0 Å². The maximum atomic E-state index is 14.1. The summed E-state index contributed by atoms with van der Waals surface area (Å²) in [6.07, 6.45) is 5.09. The highest BCUT2D eigenvalue weighted by atomic mass is 79.9. The summed E-state index contributed by atoms with van der Waals surface area (Å²) in [5.41, 5.74) is 1.89. The van der Waals surface area contributed by atoms with Gasteiger partial charge in [-0.05, 0) is 68.7 Å². The van der Waals surface area contributed by atoms with Crippen molar-refractivity contribution in [3.8, 4) is 0 Å². The van der Waals surface area contributed by atoms with Crippen LogP contribution in [0, 0.1) is 6.92 Å². The standard InChI is InChI=1S/C31H35BrClN3O4S/c1-22-15-17-27(18-16-22)41(39,40)36(29-14-7-6-13-28(29)33)21-30(37)35(20-24-9-8-10-25(32)19-24)23(2)31(38)34-26-11-4-3-5-12-26/h6-10,13-19,23,26H,3-5,11-12,20-21H2,1-2H3,(H,34,38)/t23-/m0/s1. The van der Waals surface area contributed by atoms with E-state index in [1.807, 2.05) is 31.2 Å². The van der Waals surface area contributed by atoms with E-state index in [9.17, 15) is 18.0 Å². The summed E-state index contributed by atoms with van der Waals surface area (Å²) in [5, 5.41) is 3.30. The highest BCUT2D eigenvalue weighted by molar-refractivity contribution is 9.10. The molecule has 0 bridgehead atoms. The van der Waals surface area contributed by atoms with E-state index in [1.165, 1.54) is 17.0 Å². The van der Waals surface area contributed by atoms with Gasteiger partial charge in [-0.2, -0.15) is 0 Å². The van der Waals surface area contributed by atoms with Crippen LogP contribution in [0.5, 0.6) is 0 Å². The van der Waals surface area contributed by atoms with Crippen LogP contribution >= 0.6 is 27.5 Å². The second-order valence-corrected chi connectivity index (χ2v) is 13.6. The van der Waals surface area contributed by atoms with Crippen molar-refractivity contribution in [3.05, 3.63) is 93.4 Å². The Bertz CT molecular complexity index is 1480. The number of carbonyl (C=O) groups excluding carboxylic acids is 2. The smallest absolute Gasteiger partial charge is 0.264 e. The second kappa shape index (κ2) is 13.9. The Labute approximate surface area is 256 Å². The van der Waals surface area contributed by atoms with Crippen molar-refractivity contribution < 1.29 is 18.0 Å². The van der Waals surface area contributed by atoms with Gasteiger partial charge in [0.15, 0.2) is 0 Å². The predicted molar refractivity (Wildman–Crippen MR) is 166 cm³/mol. The lowest BCUT2D eigenvalue weighted by Gasteiger charge is -2.33. The minimum atomic E-state index is -4.18. The Morgan fingerprint density at radius 3 is 2.34 bits per heavy atom. The fraction of sp³-hybridized carbons (Fsp3) is 0.355. The van der Waals surface area contributed by atoms with Gasteiger partial charge in [-0.3, -0.25) is 13.9 Å². The van der Waals surface area contributed by atoms with E-state index in [-0.39, 0.29) is 34.1 Å². The maximum Gasteiger partial charge on any atom is 0.264 e. The molecule has 1 saturated carbocycles. The van der Waals surface area contributed by atoms with Crippen LogP contribution in [0.2, 0.25) is 5.02 Å². The fourth-order valence-corrected chi connectivity index (χ4v) is 7.16. The summed E-state index contributed by atoms with van der Waals surface area (Å²) < 4.78 is 29.7. The lowest BCUT2D eigenvalue weighted by molar-refractivity contribution is -0.139. The Balaban J connectivity index is 1.68. The molecule has 2 amide bonds. The molecule has 0 aliphatic heterocycles. The van der Waals surface area contributed by atoms with Crippen LogP contribution in [0.15, 0.2) is 82.2 Å². The first-order chi connectivity index (χ1) is 19.6. The number of nitrogens with zero attached hydrogens (tertiary/aromatic N) is 2. The number of hydrogen-bond donors (Lipinski definition) is 1. The quantitative estimate of drug-likeness (QED) is 0.270. The van der Waals surface area contributed by atoms with E-state index in [0.717, 1.165) is 52.0 Å². The lowest BCUT2D eigenvalue weighted by atomic mass is 9.95. The van der Waals surface area contributed by atoms with Crippen molar-refractivity contribution in [3.63, 3.8) is 0 Å². The Morgan fingerprint density at radius 1 is 1.00 bits per heavy atom. The molecule has 1 atom stereocenters. The molecule has 1 fully saturated rings. The zero-order valence-electron chi connectivity index (χ0n) is 23.2. The van der Waals surface area contributed by atoms with Crippen molar-refractivity contribution >= 4 is 55.1 Å². The number of benzene rings is 3. The molecule has 3 aromatic rings. The molecular weight excluding hydrogens is 626 g/mol. The maximum absolute atomic E-state index is 14.1. The first-order valence-electron chi connectivity index (χ1n) is 13.7. The minimum absolute atomic E-state index is 0.0393. The summed E-state index contributed by atoms with van der Waals surface area (Å²) >= 11 is 9.94. The molecule has 0 unspecified atom stereocenters. The van der Waals surface area contributed by atoms with Crippen molar-refractivity contribution in [2.24, 2.45) is 0 Å². The van der Waals surface area contributed by atoms with E-state index in [4.69, 9.17) is 11.6 Å². The van der Waals surface area contributed by atoms with Gasteiger partial charge < -0.3 is 10.2 Å². The molecule has 7 nitrogen and oxygen atoms in total. The fourth-order valence-electron chi connectivity index (χ4n) is 4.99. The molecule has 0 heterocycles. The Hall–Kier alpha value is -2.88. The van der Waals surface area contributed by atoms with Gasteiger partial charge in [0.05, 0.1) is 15.6 Å². The number of halogens is 2. The van der Waals surface area contributed by atoms with E-state index in [1.54, 1.807) is 43.3 Å². The molecule has 10 heteroatoms. The molecule has 4 rings (SSSR count). The first kappa shape index (κ1) is 31.1. The molecule has 218 valence electrons. The Kier molecular flexibility index (Phi) is 10.5. The van der Waals surface area contributed by atoms with Crippen molar-refractivity contribution in [1.82, 2.24) is 10.2 Å². The van der Waals surface area contributed by atoms with Gasteiger partial charge in [0.1, 0.15) is 12.6 Å². The van der Waals surface area contributed by atoms with Crippen molar-refractivity contribution in [1.29, 1.82) is 0 Å². The van der Waals surface area contributed by atoms with Gasteiger partial charge in [-0.1, -0.05) is 88.8 Å². The highest BCUT2D eigenvalue weighted by Gasteiger charge is 2.34. The SMILES string of the molecule is Cc1ccc(S(=O)(=O)N(CC(=O)N(Cc2cccc(Br)c2)[C@@H](C)C(=O)NC2CCCCC2)c2ccccc2Cl)cc1. The van der Waals surface area contributed by atoms with Crippen molar-refractivity contribution in [2.75, 3.05) is 10.8 Å². The van der Waals surface area contributed by atoms with Crippen molar-refractivity contribution in [2.45, 2.75) is 69.5 Å². The molecule has 1 N–H and O–H groups in total. The zero-order valence-corrected chi connectivity index (χ0v) is 26.4. The van der Waals surface area contributed by atoms with Gasteiger partial charge in [-0.25, -0.2) is 8.42 Å². The number of aryl methyl sites for hydroxylation is 1. The molecule has 1 aliphatic rings. The van der Waals surface area contributed by atoms with Crippen LogP contribution in [0.1, 0.15) is 50.2 Å². The summed E-state index contributed by atoms with van der Waals surface area (Å²) in [5.74, 6) is -0.780. The summed E-state index contributed by atoms with van der Waals surface area (Å²) in [7, 11) is -4.18. The average Bonchev–Trinajstić information content (AvgIpc) is 2.95. The molecule has 0 spiro atoms. The number of rotatable bonds is 10. The van der Waals surface area contributed by atoms with Gasteiger partial charge in [0.25, 0.3) is 10.0 Å². The molecule has 3 aromatic carbocycles. The normalized spacial score (nSPS) is 14.7. The van der Waals surface area contributed by atoms with Crippen LogP contribution in [0.25, 0.3) is 0 Å². The average molecular weight is 661 g/mol. The van der Waals surface area contributed by atoms with Crippen LogP contribution in [0.3, 0.4) is 0 Å². The van der Waals surface area contributed by atoms with Gasteiger partial charge >= 0.3 is 0 Å². The first-order valence-corrected chi connectivity index (χ1v) is 16.4. The molecule has 0 radical (unpaired) electrons. The predicted octanol–water partition coefficient (Wildman–Crippen LogP) is 6.47. The zero-order chi connectivity index (χ0) is 29.6. The van der Waals surface area contributed by atoms with E-state index in [0.29, 0.717) is 0 Å². The molecule has 0 aromatic heterocycles. The summed E-state index contributed by atoms with van der Waals surface area (Å²) in [4.78, 5) is 29.0. The van der Waals surface area contributed by atoms with Gasteiger partial charge in [0.2, 0.25) is 11.8 Å². The lowest BCUT2D eigenvalue weighted by Crippen LogP contribution is -2.53. The third-order valence-electron chi connectivity index (χ3n) is 7.37. The monoisotopic (exact) mass is 659 g/mol. The number of para-hydroxylation sites is 1. The summed E-state index contributed by atoms with van der Waals surface area (Å²) in [6, 6.07) is 19.7. The van der Waals surface area contributed by atoms with Crippen LogP contribution in [-0.4, -0.2) is 43.8 Å². The topological polar surface area (TPSA) is 86.8 Å². The van der Waals surface area contributed by atoms with E-state index < -0.39 is 28.5 Å². The number of sulfonamides is 1. The van der Waals surface area contributed by atoms with Crippen LogP contribution in [0.4, 0.5) is 5.69 Å². The number of anilines is 1. The summed E-state index contributed by atoms with van der Waals surface area (Å²) in [6.45, 7) is 3.14. The number of amides is 2. The van der Waals surface area contributed by atoms with Gasteiger partial charge in [-0.15, -0.1) is 0 Å². The number of hydrogen-bond acceptors (Lipinski definition) is 4. The molecular formula is C31H35BrClN3O4S. The molecule has 41 heavy (non-hydrogen) atoms. The highest BCUT2D eigenvalue weighted by Crippen LogP contribution is 2.31. The molecule has 0 saturated heterocycles. The third-order valence-corrected chi connectivity index (χ3v) is 9.96. The Morgan fingerprint density at radius 2 is 1.68 bits per heavy atom. The van der Waals surface area contributed by atoms with Crippen LogP contribution < -0.4 is 9.62 Å². The largest absolute Gasteiger partial charge is 0.352 e. The van der Waals surface area contributed by atoms with Gasteiger partial charge in [0, 0.05) is 17.1 Å². The van der Waals surface area contributed by atoms with Crippen LogP contribution in [-0.2, 0) is 26.2 Å². The number of nitrogens with one attached hydrogen (secondary N) is 1. The van der Waals surface area contributed by atoms with E-state index in [2.05, 4.69) is 21.2 Å².